The smallest absolute Gasteiger partial charge is 0.146 e. The van der Waals surface area contributed by atoms with Gasteiger partial charge in [0.05, 0.1) is 5.56 Å². The minimum Gasteiger partial charge on any atom is -0.456 e. The molecule has 0 unspecified atom stereocenters. The molecule has 7 aromatic rings. The topological polar surface area (TPSA) is 35.5 Å². The fourth-order valence-corrected chi connectivity index (χ4v) is 5.30. The van der Waals surface area contributed by atoms with Gasteiger partial charge >= 0.3 is 0 Å². The number of hydrogen-bond acceptors (Lipinski definition) is 3. The van der Waals surface area contributed by atoms with Gasteiger partial charge in [-0.3, -0.25) is 0 Å². The van der Waals surface area contributed by atoms with Crippen LogP contribution in [0.1, 0.15) is 0 Å². The first kappa shape index (κ1) is 18.6. The van der Waals surface area contributed by atoms with Crippen molar-refractivity contribution in [2.24, 2.45) is 0 Å². The molecule has 164 valence electrons. The SMILES string of the molecule is c1cc2c3c(cccc3c1)-c1cc(-c3ccc(-c4cccc5c4oc4ccccc45)o3)ccc1O2. The normalized spacial score (nSPS) is 12.2. The zero-order chi connectivity index (χ0) is 22.9. The van der Waals surface area contributed by atoms with Gasteiger partial charge in [0.1, 0.15) is 34.2 Å². The first-order chi connectivity index (χ1) is 17.3. The zero-order valence-electron chi connectivity index (χ0n) is 18.6. The van der Waals surface area contributed by atoms with Gasteiger partial charge in [-0.15, -0.1) is 0 Å². The molecular weight excluding hydrogens is 432 g/mol. The van der Waals surface area contributed by atoms with E-state index in [9.17, 15) is 0 Å². The van der Waals surface area contributed by atoms with Gasteiger partial charge in [0.25, 0.3) is 0 Å². The van der Waals surface area contributed by atoms with Crippen molar-refractivity contribution >= 4 is 32.7 Å². The molecule has 0 aliphatic carbocycles. The molecule has 0 saturated carbocycles. The third kappa shape index (κ3) is 2.66. The molecular formula is C32H18O3. The van der Waals surface area contributed by atoms with Crippen molar-refractivity contribution in [3.8, 4) is 45.3 Å². The van der Waals surface area contributed by atoms with Gasteiger partial charge in [0.15, 0.2) is 0 Å². The van der Waals surface area contributed by atoms with E-state index in [0.29, 0.717) is 0 Å². The molecule has 35 heavy (non-hydrogen) atoms. The zero-order valence-corrected chi connectivity index (χ0v) is 18.6. The molecule has 0 bridgehead atoms. The van der Waals surface area contributed by atoms with Crippen molar-refractivity contribution in [1.82, 2.24) is 0 Å². The summed E-state index contributed by atoms with van der Waals surface area (Å²) in [4.78, 5) is 0. The molecule has 0 radical (unpaired) electrons. The lowest BCUT2D eigenvalue weighted by Gasteiger charge is -2.21. The molecule has 1 aliphatic rings. The number of ether oxygens (including phenoxy) is 1. The summed E-state index contributed by atoms with van der Waals surface area (Å²) < 4.78 is 18.9. The van der Waals surface area contributed by atoms with Gasteiger partial charge in [0, 0.05) is 27.3 Å². The van der Waals surface area contributed by atoms with Crippen molar-refractivity contribution in [3.05, 3.63) is 109 Å². The lowest BCUT2D eigenvalue weighted by molar-refractivity contribution is 0.487. The first-order valence-corrected chi connectivity index (χ1v) is 11.7. The Hall–Kier alpha value is -4.76. The summed E-state index contributed by atoms with van der Waals surface area (Å²) in [7, 11) is 0. The molecule has 0 spiro atoms. The van der Waals surface area contributed by atoms with Gasteiger partial charge in [0.2, 0.25) is 0 Å². The summed E-state index contributed by atoms with van der Waals surface area (Å²) in [6.07, 6.45) is 0. The highest BCUT2D eigenvalue weighted by Crippen LogP contribution is 2.47. The molecule has 3 heterocycles. The second kappa shape index (κ2) is 6.87. The highest BCUT2D eigenvalue weighted by molar-refractivity contribution is 6.09. The third-order valence-corrected chi connectivity index (χ3v) is 6.92. The molecule has 0 fully saturated rings. The number of hydrogen-bond donors (Lipinski definition) is 0. The van der Waals surface area contributed by atoms with Crippen molar-refractivity contribution in [2.75, 3.05) is 0 Å². The quantitative estimate of drug-likeness (QED) is 0.263. The van der Waals surface area contributed by atoms with Gasteiger partial charge in [-0.1, -0.05) is 60.7 Å². The minimum atomic E-state index is 0.783. The second-order valence-corrected chi connectivity index (χ2v) is 8.92. The van der Waals surface area contributed by atoms with Gasteiger partial charge < -0.3 is 13.6 Å². The Kier molecular flexibility index (Phi) is 3.66. The van der Waals surface area contributed by atoms with E-state index in [1.54, 1.807) is 0 Å². The Morgan fingerprint density at radius 2 is 1.29 bits per heavy atom. The Labute approximate surface area is 200 Å². The Morgan fingerprint density at radius 3 is 2.26 bits per heavy atom. The minimum absolute atomic E-state index is 0.783. The van der Waals surface area contributed by atoms with Crippen LogP contribution in [-0.4, -0.2) is 0 Å². The maximum atomic E-state index is 6.39. The molecule has 8 rings (SSSR count). The molecule has 2 aromatic heterocycles. The van der Waals surface area contributed by atoms with Crippen LogP contribution >= 0.6 is 0 Å². The second-order valence-electron chi connectivity index (χ2n) is 8.92. The molecule has 0 N–H and O–H groups in total. The Morgan fingerprint density at radius 1 is 0.486 bits per heavy atom. The number of fused-ring (bicyclic) bond motifs is 5. The van der Waals surface area contributed by atoms with Crippen LogP contribution in [0.5, 0.6) is 11.5 Å². The first-order valence-electron chi connectivity index (χ1n) is 11.7. The van der Waals surface area contributed by atoms with Crippen molar-refractivity contribution < 1.29 is 13.6 Å². The molecule has 1 aliphatic heterocycles. The molecule has 0 atom stereocenters. The maximum Gasteiger partial charge on any atom is 0.146 e. The lowest BCUT2D eigenvalue weighted by atomic mass is 9.93. The summed E-state index contributed by atoms with van der Waals surface area (Å²) in [5, 5.41) is 4.53. The molecule has 0 saturated heterocycles. The van der Waals surface area contributed by atoms with E-state index >= 15 is 0 Å². The van der Waals surface area contributed by atoms with Gasteiger partial charge in [-0.2, -0.15) is 0 Å². The summed E-state index contributed by atoms with van der Waals surface area (Å²) in [5.41, 5.74) is 5.93. The van der Waals surface area contributed by atoms with Gasteiger partial charge in [-0.25, -0.2) is 0 Å². The van der Waals surface area contributed by atoms with Crippen LogP contribution in [0.2, 0.25) is 0 Å². The van der Waals surface area contributed by atoms with E-state index in [1.165, 1.54) is 10.9 Å². The van der Waals surface area contributed by atoms with E-state index in [-0.39, 0.29) is 0 Å². The maximum absolute atomic E-state index is 6.39. The number of furan rings is 2. The summed E-state index contributed by atoms with van der Waals surface area (Å²) in [6, 6.07) is 37.2. The monoisotopic (exact) mass is 450 g/mol. The highest BCUT2D eigenvalue weighted by Gasteiger charge is 2.21. The standard InChI is InChI=1S/C32H18O3/c1-2-12-27-21(8-1)23-10-5-11-24(32(23)35-27)28-17-16-26(33-28)20-14-15-29-25(18-20)22-9-3-6-19-7-4-13-30(34-29)31(19)22/h1-18H. The van der Waals surface area contributed by atoms with Crippen LogP contribution in [0.4, 0.5) is 0 Å². The van der Waals surface area contributed by atoms with Crippen LogP contribution in [0.25, 0.3) is 66.5 Å². The third-order valence-electron chi connectivity index (χ3n) is 6.92. The van der Waals surface area contributed by atoms with E-state index in [2.05, 4.69) is 54.6 Å². The average Bonchev–Trinajstić information content (AvgIpc) is 3.54. The summed E-state index contributed by atoms with van der Waals surface area (Å²) in [5.74, 6) is 3.35. The molecule has 5 aromatic carbocycles. The fraction of sp³-hybridized carbons (Fsp3) is 0. The molecule has 3 heteroatoms. The predicted octanol–water partition coefficient (Wildman–Crippen LogP) is 9.44. The number of benzene rings is 5. The molecule has 0 amide bonds. The van der Waals surface area contributed by atoms with E-state index in [0.717, 1.165) is 67.0 Å². The summed E-state index contributed by atoms with van der Waals surface area (Å²) >= 11 is 0. The van der Waals surface area contributed by atoms with E-state index in [1.807, 2.05) is 54.6 Å². The average molecular weight is 450 g/mol. The lowest BCUT2D eigenvalue weighted by Crippen LogP contribution is -1.97. The van der Waals surface area contributed by atoms with Crippen LogP contribution in [-0.2, 0) is 0 Å². The van der Waals surface area contributed by atoms with Crippen molar-refractivity contribution in [2.45, 2.75) is 0 Å². The van der Waals surface area contributed by atoms with Crippen LogP contribution in [0.3, 0.4) is 0 Å². The number of rotatable bonds is 2. The van der Waals surface area contributed by atoms with Crippen LogP contribution < -0.4 is 4.74 Å². The Balaban J connectivity index is 1.26. The summed E-state index contributed by atoms with van der Waals surface area (Å²) in [6.45, 7) is 0. The number of para-hydroxylation sites is 2. The van der Waals surface area contributed by atoms with E-state index < -0.39 is 0 Å². The van der Waals surface area contributed by atoms with Crippen LogP contribution in [0, 0.1) is 0 Å². The van der Waals surface area contributed by atoms with Crippen molar-refractivity contribution in [3.63, 3.8) is 0 Å². The van der Waals surface area contributed by atoms with Crippen LogP contribution in [0.15, 0.2) is 118 Å². The Bertz CT molecular complexity index is 1930. The van der Waals surface area contributed by atoms with Gasteiger partial charge in [-0.05, 0) is 59.5 Å². The van der Waals surface area contributed by atoms with E-state index in [4.69, 9.17) is 13.6 Å². The van der Waals surface area contributed by atoms with Crippen molar-refractivity contribution in [1.29, 1.82) is 0 Å². The largest absolute Gasteiger partial charge is 0.456 e. The fourth-order valence-electron chi connectivity index (χ4n) is 5.30. The predicted molar refractivity (Wildman–Crippen MR) is 140 cm³/mol. The highest BCUT2D eigenvalue weighted by atomic mass is 16.5. The molecule has 3 nitrogen and oxygen atoms in total.